The molecule has 1 aromatic heterocycles. The van der Waals surface area contributed by atoms with Gasteiger partial charge in [0.25, 0.3) is 5.91 Å². The molecular formula is C26H24FN3O2. The highest BCUT2D eigenvalue weighted by atomic mass is 19.1. The topological polar surface area (TPSA) is 56.1 Å². The van der Waals surface area contributed by atoms with Gasteiger partial charge in [0.2, 0.25) is 0 Å². The van der Waals surface area contributed by atoms with Crippen LogP contribution in [0.25, 0.3) is 11.1 Å². The largest absolute Gasteiger partial charge is 0.497 e. The van der Waals surface area contributed by atoms with E-state index in [9.17, 15) is 9.18 Å². The van der Waals surface area contributed by atoms with Gasteiger partial charge < -0.3 is 10.1 Å². The van der Waals surface area contributed by atoms with Gasteiger partial charge in [-0.15, -0.1) is 0 Å². The van der Waals surface area contributed by atoms with Crippen molar-refractivity contribution in [3.8, 4) is 16.9 Å². The van der Waals surface area contributed by atoms with Gasteiger partial charge in [-0.05, 0) is 66.9 Å². The van der Waals surface area contributed by atoms with Crippen molar-refractivity contribution in [1.29, 1.82) is 0 Å². The Morgan fingerprint density at radius 3 is 2.41 bits per heavy atom. The van der Waals surface area contributed by atoms with E-state index in [1.165, 1.54) is 12.1 Å². The van der Waals surface area contributed by atoms with Crippen LogP contribution in [0.5, 0.6) is 5.75 Å². The summed E-state index contributed by atoms with van der Waals surface area (Å²) in [5.41, 5.74) is 4.04. The number of rotatable bonds is 6. The van der Waals surface area contributed by atoms with E-state index in [0.717, 1.165) is 28.1 Å². The first-order chi connectivity index (χ1) is 15.4. The number of anilines is 1. The zero-order valence-electron chi connectivity index (χ0n) is 18.2. The molecule has 0 bridgehead atoms. The molecule has 6 heteroatoms. The Morgan fingerprint density at radius 2 is 1.72 bits per heavy atom. The number of carbonyl (C=O) groups is 1. The zero-order valence-corrected chi connectivity index (χ0v) is 18.2. The van der Waals surface area contributed by atoms with Gasteiger partial charge in [0.15, 0.2) is 0 Å². The Hall–Kier alpha value is -3.93. The lowest BCUT2D eigenvalue weighted by atomic mass is 10.0. The maximum atomic E-state index is 13.2. The van der Waals surface area contributed by atoms with E-state index in [-0.39, 0.29) is 17.8 Å². The molecular weight excluding hydrogens is 405 g/mol. The smallest absolute Gasteiger partial charge is 0.256 e. The van der Waals surface area contributed by atoms with E-state index >= 15 is 0 Å². The molecule has 0 fully saturated rings. The van der Waals surface area contributed by atoms with Crippen molar-refractivity contribution in [2.75, 3.05) is 12.4 Å². The second kappa shape index (κ2) is 9.06. The van der Waals surface area contributed by atoms with Gasteiger partial charge >= 0.3 is 0 Å². The van der Waals surface area contributed by atoms with E-state index in [2.05, 4.69) is 10.4 Å². The molecule has 4 aromatic rings. The summed E-state index contributed by atoms with van der Waals surface area (Å²) in [7, 11) is 1.63. The number of benzene rings is 3. The van der Waals surface area contributed by atoms with Crippen LogP contribution in [0.3, 0.4) is 0 Å². The number of hydrogen-bond acceptors (Lipinski definition) is 3. The third kappa shape index (κ3) is 4.54. The lowest BCUT2D eigenvalue weighted by Crippen LogP contribution is -2.18. The van der Waals surface area contributed by atoms with Gasteiger partial charge in [-0.2, -0.15) is 5.10 Å². The van der Waals surface area contributed by atoms with Crippen LogP contribution in [0, 0.1) is 12.7 Å². The number of nitrogens with one attached hydrogen (secondary N) is 1. The van der Waals surface area contributed by atoms with Crippen molar-refractivity contribution in [3.63, 3.8) is 0 Å². The maximum absolute atomic E-state index is 13.2. The molecule has 0 aliphatic heterocycles. The van der Waals surface area contributed by atoms with Gasteiger partial charge in [-0.1, -0.05) is 36.4 Å². The molecule has 0 saturated heterocycles. The summed E-state index contributed by atoms with van der Waals surface area (Å²) in [5.74, 6) is 0.865. The lowest BCUT2D eigenvalue weighted by Gasteiger charge is -2.17. The molecule has 5 nitrogen and oxygen atoms in total. The number of aryl methyl sites for hydroxylation is 1. The number of aromatic nitrogens is 2. The first-order valence-electron chi connectivity index (χ1n) is 10.3. The predicted octanol–water partition coefficient (Wildman–Crippen LogP) is 5.87. The Balaban J connectivity index is 1.57. The average molecular weight is 429 g/mol. The fourth-order valence-electron chi connectivity index (χ4n) is 3.60. The Kier molecular flexibility index (Phi) is 6.03. The van der Waals surface area contributed by atoms with Crippen molar-refractivity contribution in [1.82, 2.24) is 9.78 Å². The van der Waals surface area contributed by atoms with E-state index in [1.54, 1.807) is 36.1 Å². The maximum Gasteiger partial charge on any atom is 0.256 e. The summed E-state index contributed by atoms with van der Waals surface area (Å²) in [4.78, 5) is 13.0. The van der Waals surface area contributed by atoms with Crippen molar-refractivity contribution in [2.24, 2.45) is 0 Å². The van der Waals surface area contributed by atoms with E-state index in [0.29, 0.717) is 11.4 Å². The fraction of sp³-hybridized carbons (Fsp3) is 0.154. The molecule has 0 radical (unpaired) electrons. The second-order valence-electron chi connectivity index (χ2n) is 7.61. The number of hydrogen-bond donors (Lipinski definition) is 1. The highest BCUT2D eigenvalue weighted by molar-refractivity contribution is 6.04. The van der Waals surface area contributed by atoms with E-state index < -0.39 is 0 Å². The molecule has 1 unspecified atom stereocenters. The average Bonchev–Trinajstić information content (AvgIpc) is 3.19. The van der Waals surface area contributed by atoms with E-state index in [1.807, 2.05) is 56.3 Å². The molecule has 4 rings (SSSR count). The molecule has 3 aromatic carbocycles. The molecule has 1 N–H and O–H groups in total. The Bertz CT molecular complexity index is 1230. The van der Waals surface area contributed by atoms with Crippen LogP contribution in [0.15, 0.2) is 78.9 Å². The molecule has 1 heterocycles. The Labute approximate surface area is 186 Å². The summed E-state index contributed by atoms with van der Waals surface area (Å²) in [6, 6.07) is 23.0. The van der Waals surface area contributed by atoms with Crippen LogP contribution in [0.1, 0.15) is 34.6 Å². The van der Waals surface area contributed by atoms with Crippen LogP contribution in [0.4, 0.5) is 10.2 Å². The third-order valence-electron chi connectivity index (χ3n) is 5.37. The molecule has 0 spiro atoms. The van der Waals surface area contributed by atoms with Crippen LogP contribution in [-0.4, -0.2) is 22.8 Å². The molecule has 1 amide bonds. The predicted molar refractivity (Wildman–Crippen MR) is 124 cm³/mol. The summed E-state index contributed by atoms with van der Waals surface area (Å²) >= 11 is 0. The van der Waals surface area contributed by atoms with Crippen molar-refractivity contribution in [3.05, 3.63) is 102 Å². The number of halogens is 1. The standard InChI is InChI=1S/C26H24FN3O2/c1-17-15-25(30(29-17)18(2)19-9-13-24(32-3)14-10-19)28-26(31)22-6-4-5-21(16-22)20-7-11-23(27)12-8-20/h4-16,18H,1-3H3,(H,28,31). The minimum atomic E-state index is -0.294. The highest BCUT2D eigenvalue weighted by Crippen LogP contribution is 2.26. The van der Waals surface area contributed by atoms with Crippen LogP contribution in [0.2, 0.25) is 0 Å². The van der Waals surface area contributed by atoms with Crippen LogP contribution >= 0.6 is 0 Å². The molecule has 162 valence electrons. The Morgan fingerprint density at radius 1 is 1.00 bits per heavy atom. The molecule has 32 heavy (non-hydrogen) atoms. The number of nitrogens with zero attached hydrogens (tertiary/aromatic N) is 2. The molecule has 1 atom stereocenters. The fourth-order valence-corrected chi connectivity index (χ4v) is 3.60. The monoisotopic (exact) mass is 429 g/mol. The van der Waals surface area contributed by atoms with Crippen molar-refractivity contribution >= 4 is 11.7 Å². The normalized spacial score (nSPS) is 11.8. The van der Waals surface area contributed by atoms with Gasteiger partial charge in [-0.3, -0.25) is 4.79 Å². The molecule has 0 saturated carbocycles. The van der Waals surface area contributed by atoms with Gasteiger partial charge in [-0.25, -0.2) is 9.07 Å². The number of methoxy groups -OCH3 is 1. The number of ether oxygens (including phenoxy) is 1. The summed E-state index contributed by atoms with van der Waals surface area (Å²) in [6.07, 6.45) is 0. The summed E-state index contributed by atoms with van der Waals surface area (Å²) < 4.78 is 20.3. The summed E-state index contributed by atoms with van der Waals surface area (Å²) in [5, 5.41) is 7.57. The second-order valence-corrected chi connectivity index (χ2v) is 7.61. The first kappa shape index (κ1) is 21.3. The van der Waals surface area contributed by atoms with Crippen LogP contribution < -0.4 is 10.1 Å². The lowest BCUT2D eigenvalue weighted by molar-refractivity contribution is 0.102. The van der Waals surface area contributed by atoms with Crippen molar-refractivity contribution < 1.29 is 13.9 Å². The molecule has 0 aliphatic rings. The first-order valence-corrected chi connectivity index (χ1v) is 10.3. The quantitative estimate of drug-likeness (QED) is 0.417. The van der Waals surface area contributed by atoms with Crippen LogP contribution in [-0.2, 0) is 0 Å². The number of carbonyl (C=O) groups excluding carboxylic acids is 1. The molecule has 0 aliphatic carbocycles. The minimum Gasteiger partial charge on any atom is -0.497 e. The minimum absolute atomic E-state index is 0.0875. The third-order valence-corrected chi connectivity index (χ3v) is 5.37. The van der Waals surface area contributed by atoms with Gasteiger partial charge in [0.05, 0.1) is 18.8 Å². The zero-order chi connectivity index (χ0) is 22.7. The SMILES string of the molecule is COc1ccc(C(C)n2nc(C)cc2NC(=O)c2cccc(-c3ccc(F)cc3)c2)cc1. The van der Waals surface area contributed by atoms with Crippen molar-refractivity contribution in [2.45, 2.75) is 19.9 Å². The van der Waals surface area contributed by atoms with Gasteiger partial charge in [0.1, 0.15) is 17.4 Å². The van der Waals surface area contributed by atoms with Gasteiger partial charge in [0, 0.05) is 11.6 Å². The van der Waals surface area contributed by atoms with E-state index in [4.69, 9.17) is 4.74 Å². The summed E-state index contributed by atoms with van der Waals surface area (Å²) in [6.45, 7) is 3.92. The number of amides is 1. The highest BCUT2D eigenvalue weighted by Gasteiger charge is 2.17.